The van der Waals surface area contributed by atoms with E-state index >= 15 is 0 Å². The molecule has 0 radical (unpaired) electrons. The highest BCUT2D eigenvalue weighted by molar-refractivity contribution is 9.10. The van der Waals surface area contributed by atoms with Crippen LogP contribution in [-0.4, -0.2) is 23.4 Å². The molecule has 21 heavy (non-hydrogen) atoms. The van der Waals surface area contributed by atoms with Gasteiger partial charge in [-0.1, -0.05) is 40.5 Å². The molecule has 1 atom stereocenters. The van der Waals surface area contributed by atoms with Gasteiger partial charge in [-0.05, 0) is 56.2 Å². The lowest BCUT2D eigenvalue weighted by atomic mass is 9.75. The summed E-state index contributed by atoms with van der Waals surface area (Å²) in [6, 6.07) is 5.81. The first-order valence-electron chi connectivity index (χ1n) is 7.73. The third-order valence-corrected chi connectivity index (χ3v) is 5.43. The van der Waals surface area contributed by atoms with Crippen LogP contribution in [0.15, 0.2) is 22.7 Å². The quantitative estimate of drug-likeness (QED) is 0.785. The molecule has 0 bridgehead atoms. The molecule has 118 valence electrons. The lowest BCUT2D eigenvalue weighted by Crippen LogP contribution is -2.48. The molecule has 0 aliphatic heterocycles. The topological polar surface area (TPSA) is 29.5 Å². The molecule has 1 aromatic rings. The average Bonchev–Trinajstić information content (AvgIpc) is 2.45. The molecule has 0 saturated heterocycles. The Kier molecular flexibility index (Phi) is 6.13. The van der Waals surface area contributed by atoms with Crippen LogP contribution in [0.3, 0.4) is 0 Å². The summed E-state index contributed by atoms with van der Waals surface area (Å²) in [6.07, 6.45) is 4.12. The number of benzene rings is 1. The maximum Gasteiger partial charge on any atom is 0.0943 e. The Morgan fingerprint density at radius 1 is 1.43 bits per heavy atom. The van der Waals surface area contributed by atoms with Gasteiger partial charge in [0.25, 0.3) is 0 Å². The third-order valence-electron chi connectivity index (χ3n) is 4.59. The van der Waals surface area contributed by atoms with Crippen LogP contribution in [0.4, 0.5) is 0 Å². The standard InChI is InChI=1S/C17H24BrClO2/c1-3-21-17(8-6-12(2)7-9-17)16(20)10-13-4-5-14(18)11-15(13)19/h4-5,11-12,16,20H,3,6-10H2,1-2H3. The monoisotopic (exact) mass is 374 g/mol. The predicted octanol–water partition coefficient (Wildman–Crippen LogP) is 4.99. The van der Waals surface area contributed by atoms with Crippen LogP contribution in [0.5, 0.6) is 0 Å². The van der Waals surface area contributed by atoms with Gasteiger partial charge in [-0.15, -0.1) is 0 Å². The highest BCUT2D eigenvalue weighted by Crippen LogP contribution is 2.39. The first-order chi connectivity index (χ1) is 9.97. The van der Waals surface area contributed by atoms with E-state index in [1.165, 1.54) is 0 Å². The van der Waals surface area contributed by atoms with Crippen molar-refractivity contribution in [3.05, 3.63) is 33.3 Å². The number of hydrogen-bond donors (Lipinski definition) is 1. The second-order valence-corrected chi connectivity index (χ2v) is 7.46. The molecular formula is C17H24BrClO2. The van der Waals surface area contributed by atoms with Gasteiger partial charge >= 0.3 is 0 Å². The summed E-state index contributed by atoms with van der Waals surface area (Å²) < 4.78 is 6.97. The van der Waals surface area contributed by atoms with E-state index in [-0.39, 0.29) is 0 Å². The van der Waals surface area contributed by atoms with Gasteiger partial charge in [-0.3, -0.25) is 0 Å². The zero-order valence-corrected chi connectivity index (χ0v) is 15.1. The van der Waals surface area contributed by atoms with E-state index < -0.39 is 11.7 Å². The fraction of sp³-hybridized carbons (Fsp3) is 0.647. The van der Waals surface area contributed by atoms with Gasteiger partial charge in [-0.2, -0.15) is 0 Å². The number of hydrogen-bond acceptors (Lipinski definition) is 2. The van der Waals surface area contributed by atoms with Gasteiger partial charge in [0, 0.05) is 22.5 Å². The Morgan fingerprint density at radius 3 is 2.67 bits per heavy atom. The van der Waals surface area contributed by atoms with E-state index in [1.54, 1.807) is 0 Å². The van der Waals surface area contributed by atoms with Gasteiger partial charge < -0.3 is 9.84 Å². The normalized spacial score (nSPS) is 27.6. The highest BCUT2D eigenvalue weighted by atomic mass is 79.9. The summed E-state index contributed by atoms with van der Waals surface area (Å²) in [4.78, 5) is 0. The average molecular weight is 376 g/mol. The number of aliphatic hydroxyl groups is 1. The van der Waals surface area contributed by atoms with Crippen molar-refractivity contribution in [3.63, 3.8) is 0 Å². The van der Waals surface area contributed by atoms with Crippen molar-refractivity contribution < 1.29 is 9.84 Å². The Hall–Kier alpha value is -0.0900. The summed E-state index contributed by atoms with van der Waals surface area (Å²) in [5.41, 5.74) is 0.572. The maximum atomic E-state index is 10.8. The second kappa shape index (κ2) is 7.45. The van der Waals surface area contributed by atoms with Gasteiger partial charge in [0.05, 0.1) is 11.7 Å². The lowest BCUT2D eigenvalue weighted by Gasteiger charge is -2.42. The second-order valence-electron chi connectivity index (χ2n) is 6.14. The molecule has 0 spiro atoms. The zero-order valence-electron chi connectivity index (χ0n) is 12.7. The summed E-state index contributed by atoms with van der Waals surface area (Å²) >= 11 is 9.69. The molecule has 1 saturated carbocycles. The van der Waals surface area contributed by atoms with Crippen molar-refractivity contribution in [2.24, 2.45) is 5.92 Å². The Bertz CT molecular complexity index is 470. The molecule has 1 aliphatic rings. The maximum absolute atomic E-state index is 10.8. The Labute approximate surface area is 141 Å². The molecule has 1 aliphatic carbocycles. The lowest BCUT2D eigenvalue weighted by molar-refractivity contribution is -0.143. The minimum atomic E-state index is -0.511. The minimum absolute atomic E-state index is 0.405. The molecule has 2 rings (SSSR count). The minimum Gasteiger partial charge on any atom is -0.390 e. The molecule has 0 aromatic heterocycles. The van der Waals surface area contributed by atoms with Crippen LogP contribution < -0.4 is 0 Å². The summed E-state index contributed by atoms with van der Waals surface area (Å²) in [5, 5.41) is 11.5. The Balaban J connectivity index is 2.13. The fourth-order valence-electron chi connectivity index (χ4n) is 3.19. The van der Waals surface area contributed by atoms with Crippen molar-refractivity contribution >= 4 is 27.5 Å². The number of halogens is 2. The summed E-state index contributed by atoms with van der Waals surface area (Å²) in [7, 11) is 0. The smallest absolute Gasteiger partial charge is 0.0943 e. The molecule has 1 N–H and O–H groups in total. The van der Waals surface area contributed by atoms with Crippen molar-refractivity contribution in [2.45, 2.75) is 57.7 Å². The van der Waals surface area contributed by atoms with Crippen LogP contribution in [0, 0.1) is 5.92 Å². The molecule has 1 fully saturated rings. The van der Waals surface area contributed by atoms with Crippen LogP contribution in [0.25, 0.3) is 0 Å². The van der Waals surface area contributed by atoms with E-state index in [2.05, 4.69) is 22.9 Å². The van der Waals surface area contributed by atoms with Crippen LogP contribution in [-0.2, 0) is 11.2 Å². The first-order valence-corrected chi connectivity index (χ1v) is 8.90. The third kappa shape index (κ3) is 4.22. The van der Waals surface area contributed by atoms with Crippen LogP contribution in [0.1, 0.15) is 45.1 Å². The van der Waals surface area contributed by atoms with E-state index in [4.69, 9.17) is 16.3 Å². The molecule has 2 nitrogen and oxygen atoms in total. The van der Waals surface area contributed by atoms with Crippen LogP contribution >= 0.6 is 27.5 Å². The van der Waals surface area contributed by atoms with E-state index in [1.807, 2.05) is 25.1 Å². The Morgan fingerprint density at radius 2 is 2.10 bits per heavy atom. The van der Waals surface area contributed by atoms with Crippen molar-refractivity contribution in [1.29, 1.82) is 0 Å². The van der Waals surface area contributed by atoms with E-state index in [9.17, 15) is 5.11 Å². The molecule has 1 aromatic carbocycles. The molecule has 0 heterocycles. The van der Waals surface area contributed by atoms with Crippen molar-refractivity contribution in [2.75, 3.05) is 6.61 Å². The SMILES string of the molecule is CCOC1(C(O)Cc2ccc(Br)cc2Cl)CCC(C)CC1. The van der Waals surface area contributed by atoms with Gasteiger partial charge in [0.1, 0.15) is 0 Å². The fourth-order valence-corrected chi connectivity index (χ4v) is 3.94. The van der Waals surface area contributed by atoms with Crippen molar-refractivity contribution in [1.82, 2.24) is 0 Å². The summed E-state index contributed by atoms with van der Waals surface area (Å²) in [6.45, 7) is 4.91. The van der Waals surface area contributed by atoms with E-state index in [0.29, 0.717) is 18.1 Å². The van der Waals surface area contributed by atoms with Gasteiger partial charge in [-0.25, -0.2) is 0 Å². The number of rotatable bonds is 5. The largest absolute Gasteiger partial charge is 0.390 e. The predicted molar refractivity (Wildman–Crippen MR) is 90.9 cm³/mol. The molecule has 4 heteroatoms. The molecule has 0 amide bonds. The zero-order chi connectivity index (χ0) is 15.5. The molecular weight excluding hydrogens is 352 g/mol. The first kappa shape index (κ1) is 17.3. The number of aliphatic hydroxyl groups excluding tert-OH is 1. The van der Waals surface area contributed by atoms with Gasteiger partial charge in [0.15, 0.2) is 0 Å². The van der Waals surface area contributed by atoms with Crippen LogP contribution in [0.2, 0.25) is 5.02 Å². The summed E-state index contributed by atoms with van der Waals surface area (Å²) in [5.74, 6) is 0.724. The number of ether oxygens (including phenoxy) is 1. The molecule has 1 unspecified atom stereocenters. The van der Waals surface area contributed by atoms with Crippen molar-refractivity contribution in [3.8, 4) is 0 Å². The highest BCUT2D eigenvalue weighted by Gasteiger charge is 2.41. The van der Waals surface area contributed by atoms with Gasteiger partial charge in [0.2, 0.25) is 0 Å². The van der Waals surface area contributed by atoms with E-state index in [0.717, 1.165) is 41.6 Å².